The second-order valence-electron chi connectivity index (χ2n) is 6.75. The monoisotopic (exact) mass is 430 g/mol. The largest absolute Gasteiger partial charge is 0.493 e. The van der Waals surface area contributed by atoms with E-state index in [0.717, 1.165) is 0 Å². The number of carbonyl (C=O) groups excluding carboxylic acids is 3. The van der Waals surface area contributed by atoms with Gasteiger partial charge in [0.2, 0.25) is 11.6 Å². The number of hydrogen-bond acceptors (Lipinski definition) is 9. The zero-order valence-corrected chi connectivity index (χ0v) is 17.0. The van der Waals surface area contributed by atoms with Crippen LogP contribution in [0.4, 0.5) is 0 Å². The van der Waals surface area contributed by atoms with Crippen LogP contribution in [-0.2, 0) is 19.1 Å². The summed E-state index contributed by atoms with van der Waals surface area (Å²) < 4.78 is 21.8. The Hall–Kier alpha value is -3.27. The van der Waals surface area contributed by atoms with Gasteiger partial charge in [0, 0.05) is 18.2 Å². The van der Waals surface area contributed by atoms with E-state index in [0.29, 0.717) is 5.75 Å². The van der Waals surface area contributed by atoms with E-state index in [1.54, 1.807) is 6.92 Å². The molecule has 1 aliphatic carbocycles. The Morgan fingerprint density at radius 2 is 1.87 bits per heavy atom. The lowest BCUT2D eigenvalue weighted by Gasteiger charge is -2.23. The van der Waals surface area contributed by atoms with Crippen LogP contribution < -0.4 is 9.47 Å². The smallest absolute Gasteiger partial charge is 0.269 e. The number of Topliss-reactive ketones (excluding diaryl/α,β-unsaturated/α-hetero) is 2. The maximum Gasteiger partial charge on any atom is 0.269 e. The maximum atomic E-state index is 12.6. The van der Waals surface area contributed by atoms with Gasteiger partial charge in [-0.2, -0.15) is 0 Å². The molecule has 1 aliphatic heterocycles. The molecular weight excluding hydrogens is 408 g/mol. The van der Waals surface area contributed by atoms with Gasteiger partial charge in [-0.3, -0.25) is 14.4 Å². The molecule has 2 unspecified atom stereocenters. The molecule has 164 valence electrons. The number of allylic oxidation sites excluding steroid dienone is 5. The molecule has 0 saturated carbocycles. The third-order valence-corrected chi connectivity index (χ3v) is 4.59. The molecule has 0 amide bonds. The third-order valence-electron chi connectivity index (χ3n) is 4.59. The molecule has 1 heterocycles. The summed E-state index contributed by atoms with van der Waals surface area (Å²) >= 11 is 0. The number of methoxy groups -OCH3 is 1. The van der Waals surface area contributed by atoms with Gasteiger partial charge in [0.1, 0.15) is 11.5 Å². The van der Waals surface area contributed by atoms with Crippen molar-refractivity contribution < 1.29 is 43.5 Å². The molecule has 2 aliphatic rings. The van der Waals surface area contributed by atoms with Crippen LogP contribution in [0.25, 0.3) is 0 Å². The zero-order chi connectivity index (χ0) is 22.5. The predicted molar refractivity (Wildman–Crippen MR) is 106 cm³/mol. The number of benzene rings is 1. The van der Waals surface area contributed by atoms with E-state index >= 15 is 0 Å². The van der Waals surface area contributed by atoms with Crippen LogP contribution in [-0.4, -0.2) is 60.3 Å². The van der Waals surface area contributed by atoms with Crippen molar-refractivity contribution in [3.63, 3.8) is 0 Å². The van der Waals surface area contributed by atoms with Gasteiger partial charge in [0.25, 0.3) is 5.78 Å². The number of ketones is 3. The molecule has 0 saturated heterocycles. The van der Waals surface area contributed by atoms with Crippen molar-refractivity contribution in [1.29, 1.82) is 0 Å². The van der Waals surface area contributed by atoms with Crippen LogP contribution in [0.3, 0.4) is 0 Å². The van der Waals surface area contributed by atoms with E-state index in [1.807, 2.05) is 0 Å². The van der Waals surface area contributed by atoms with E-state index in [2.05, 4.69) is 0 Å². The number of rotatable bonds is 8. The molecule has 2 N–H and O–H groups in total. The van der Waals surface area contributed by atoms with Gasteiger partial charge in [-0.05, 0) is 43.7 Å². The number of aliphatic hydroxyl groups is 2. The highest BCUT2D eigenvalue weighted by Gasteiger charge is 2.34. The number of ether oxygens (including phenoxy) is 4. The predicted octanol–water partition coefficient (Wildman–Crippen LogP) is 1.24. The topological polar surface area (TPSA) is 129 Å². The molecule has 0 fully saturated rings. The average Bonchev–Trinajstić information content (AvgIpc) is 2.76. The molecule has 2 atom stereocenters. The molecule has 0 bridgehead atoms. The van der Waals surface area contributed by atoms with Gasteiger partial charge in [0.15, 0.2) is 17.8 Å². The second-order valence-corrected chi connectivity index (χ2v) is 6.75. The molecule has 1 aromatic rings. The summed E-state index contributed by atoms with van der Waals surface area (Å²) in [6, 6.07) is 4.35. The summed E-state index contributed by atoms with van der Waals surface area (Å²) in [5, 5.41) is 18.2. The fourth-order valence-corrected chi connectivity index (χ4v) is 3.07. The molecule has 9 heteroatoms. The molecule has 9 nitrogen and oxygen atoms in total. The Morgan fingerprint density at radius 3 is 2.55 bits per heavy atom. The highest BCUT2D eigenvalue weighted by Crippen LogP contribution is 2.34. The van der Waals surface area contributed by atoms with Crippen LogP contribution in [0, 0.1) is 0 Å². The Morgan fingerprint density at radius 1 is 1.10 bits per heavy atom. The van der Waals surface area contributed by atoms with E-state index in [4.69, 9.17) is 24.1 Å². The minimum atomic E-state index is -0.839. The molecule has 0 radical (unpaired) electrons. The minimum Gasteiger partial charge on any atom is -0.493 e. The van der Waals surface area contributed by atoms with Gasteiger partial charge in [0.05, 0.1) is 25.4 Å². The van der Waals surface area contributed by atoms with E-state index in [-0.39, 0.29) is 53.8 Å². The fraction of sp³-hybridized carbons (Fsp3) is 0.318. The Balaban J connectivity index is 1.85. The molecule has 31 heavy (non-hydrogen) atoms. The number of hydrogen-bond donors (Lipinski definition) is 2. The van der Waals surface area contributed by atoms with Gasteiger partial charge in [-0.25, -0.2) is 0 Å². The van der Waals surface area contributed by atoms with E-state index in [9.17, 15) is 19.5 Å². The maximum absolute atomic E-state index is 12.6. The first-order valence-electron chi connectivity index (χ1n) is 9.55. The van der Waals surface area contributed by atoms with Gasteiger partial charge in [-0.1, -0.05) is 0 Å². The van der Waals surface area contributed by atoms with Crippen molar-refractivity contribution in [2.75, 3.05) is 20.3 Å². The quantitative estimate of drug-likeness (QED) is 0.355. The zero-order valence-electron chi connectivity index (χ0n) is 17.0. The minimum absolute atomic E-state index is 0.0176. The molecule has 0 aromatic heterocycles. The highest BCUT2D eigenvalue weighted by atomic mass is 16.7. The first-order valence-corrected chi connectivity index (χ1v) is 9.55. The van der Waals surface area contributed by atoms with Crippen LogP contribution >= 0.6 is 0 Å². The highest BCUT2D eigenvalue weighted by molar-refractivity contribution is 6.50. The Labute approximate surface area is 178 Å². The first kappa shape index (κ1) is 22.4. The normalized spacial score (nSPS) is 20.0. The fourth-order valence-electron chi connectivity index (χ4n) is 3.07. The average molecular weight is 430 g/mol. The Kier molecular flexibility index (Phi) is 7.01. The summed E-state index contributed by atoms with van der Waals surface area (Å²) in [6.45, 7) is 1.20. The summed E-state index contributed by atoms with van der Waals surface area (Å²) in [4.78, 5) is 36.8. The van der Waals surface area contributed by atoms with Crippen molar-refractivity contribution in [2.24, 2.45) is 0 Å². The van der Waals surface area contributed by atoms with Crippen LogP contribution in [0.5, 0.6) is 11.5 Å². The lowest BCUT2D eigenvalue weighted by molar-refractivity contribution is -0.125. The third kappa shape index (κ3) is 4.91. The first-order chi connectivity index (χ1) is 14.9. The van der Waals surface area contributed by atoms with Crippen molar-refractivity contribution in [3.8, 4) is 11.5 Å². The number of carbonyl (C=O) groups is 3. The summed E-state index contributed by atoms with van der Waals surface area (Å²) in [6.07, 6.45) is 2.83. The molecular formula is C22H22O9. The lowest BCUT2D eigenvalue weighted by atomic mass is 9.97. The van der Waals surface area contributed by atoms with Gasteiger partial charge >= 0.3 is 0 Å². The molecule has 3 rings (SSSR count). The van der Waals surface area contributed by atoms with Crippen molar-refractivity contribution in [1.82, 2.24) is 0 Å². The van der Waals surface area contributed by atoms with Crippen LogP contribution in [0.15, 0.2) is 53.5 Å². The number of fused-ring (bicyclic) bond motifs is 1. The molecule has 0 spiro atoms. The number of aliphatic hydroxyl groups excluding tert-OH is 2. The summed E-state index contributed by atoms with van der Waals surface area (Å²) in [5.41, 5.74) is 0.314. The summed E-state index contributed by atoms with van der Waals surface area (Å²) in [5.74, 6) is -1.74. The van der Waals surface area contributed by atoms with Crippen molar-refractivity contribution >= 4 is 17.3 Å². The second kappa shape index (κ2) is 9.69. The SMILES string of the molecule is COC1=C/C(=C2\Oc3cc(OC(C)OC(CO)CCO)ccc3C(=O)C2=O)C=CC1=O. The Bertz CT molecular complexity index is 987. The van der Waals surface area contributed by atoms with E-state index in [1.165, 1.54) is 43.5 Å². The van der Waals surface area contributed by atoms with Crippen LogP contribution in [0.1, 0.15) is 23.7 Å². The van der Waals surface area contributed by atoms with Gasteiger partial charge < -0.3 is 29.2 Å². The van der Waals surface area contributed by atoms with Crippen molar-refractivity contribution in [3.05, 3.63) is 59.1 Å². The summed E-state index contributed by atoms with van der Waals surface area (Å²) in [7, 11) is 1.32. The van der Waals surface area contributed by atoms with E-state index < -0.39 is 24.0 Å². The van der Waals surface area contributed by atoms with Gasteiger partial charge in [-0.15, -0.1) is 0 Å². The lowest BCUT2D eigenvalue weighted by Crippen LogP contribution is -2.29. The van der Waals surface area contributed by atoms with Crippen LogP contribution in [0.2, 0.25) is 0 Å². The molecule has 1 aromatic carbocycles. The van der Waals surface area contributed by atoms with Crippen molar-refractivity contribution in [2.45, 2.75) is 25.7 Å². The standard InChI is InChI=1S/C22H22O9/c1-12(30-15(11-24)7-8-23)29-14-4-5-16-18(10-14)31-22(21(27)20(16)26)13-3-6-17(25)19(9-13)28-2/h3-6,9-10,12,15,23-24H,7-8,11H2,1-2H3/b22-13-.